The van der Waals surface area contributed by atoms with Crippen LogP contribution in [0.15, 0.2) is 24.4 Å². The van der Waals surface area contributed by atoms with E-state index in [9.17, 15) is 4.79 Å². The molecule has 0 fully saturated rings. The Balaban J connectivity index is 2.41. The van der Waals surface area contributed by atoms with Crippen molar-refractivity contribution in [2.75, 3.05) is 13.6 Å². The lowest BCUT2D eigenvalue weighted by molar-refractivity contribution is -0.137. The molecule has 0 aliphatic heterocycles. The summed E-state index contributed by atoms with van der Waals surface area (Å²) in [6.45, 7) is 2.04. The summed E-state index contributed by atoms with van der Waals surface area (Å²) in [5.74, 6) is -0.258. The van der Waals surface area contributed by atoms with Crippen LogP contribution >= 0.6 is 0 Å². The number of nitrogens with zero attached hydrogens (tertiary/aromatic N) is 2. The number of likely N-dealkylation sites (N-methyl/N-ethyl adjacent to an activating group) is 1. The Morgan fingerprint density at radius 2 is 2.33 bits per heavy atom. The molecule has 1 N–H and O–H groups in total. The highest BCUT2D eigenvalue weighted by molar-refractivity contribution is 5.79. The molecule has 1 atom stereocenters. The first-order valence-corrected chi connectivity index (χ1v) is 4.94. The van der Waals surface area contributed by atoms with Gasteiger partial charge in [-0.3, -0.25) is 9.78 Å². The van der Waals surface area contributed by atoms with Gasteiger partial charge in [0.1, 0.15) is 6.10 Å². The van der Waals surface area contributed by atoms with Crippen LogP contribution in [-0.4, -0.2) is 40.6 Å². The third-order valence-electron chi connectivity index (χ3n) is 2.16. The summed E-state index contributed by atoms with van der Waals surface area (Å²) in [6, 6.07) is 5.69. The van der Waals surface area contributed by atoms with Gasteiger partial charge in [-0.05, 0) is 19.1 Å². The van der Waals surface area contributed by atoms with Crippen molar-refractivity contribution in [3.63, 3.8) is 0 Å². The van der Waals surface area contributed by atoms with Crippen molar-refractivity contribution in [2.24, 2.45) is 0 Å². The van der Waals surface area contributed by atoms with Gasteiger partial charge in [0.2, 0.25) is 0 Å². The van der Waals surface area contributed by atoms with E-state index in [0.717, 1.165) is 5.69 Å². The molecule has 0 spiro atoms. The Hall–Kier alpha value is -1.42. The molecule has 82 valence electrons. The highest BCUT2D eigenvalue weighted by atomic mass is 16.3. The minimum atomic E-state index is -0.932. The summed E-state index contributed by atoms with van der Waals surface area (Å²) in [7, 11) is 1.68. The van der Waals surface area contributed by atoms with E-state index in [4.69, 9.17) is 5.11 Å². The molecule has 0 bridgehead atoms. The molecule has 1 heterocycles. The Kier molecular flexibility index (Phi) is 4.24. The first-order chi connectivity index (χ1) is 7.11. The first-order valence-electron chi connectivity index (χ1n) is 4.94. The number of pyridine rings is 1. The van der Waals surface area contributed by atoms with Crippen LogP contribution < -0.4 is 0 Å². The maximum atomic E-state index is 11.3. The lowest BCUT2D eigenvalue weighted by Crippen LogP contribution is -2.36. The van der Waals surface area contributed by atoms with Gasteiger partial charge in [-0.15, -0.1) is 0 Å². The third-order valence-corrected chi connectivity index (χ3v) is 2.16. The fourth-order valence-corrected chi connectivity index (χ4v) is 1.26. The van der Waals surface area contributed by atoms with Crippen LogP contribution in [0, 0.1) is 0 Å². The number of hydrogen-bond acceptors (Lipinski definition) is 3. The number of carbonyl (C=O) groups is 1. The monoisotopic (exact) mass is 208 g/mol. The second-order valence-corrected chi connectivity index (χ2v) is 3.51. The molecule has 0 aliphatic rings. The second kappa shape index (κ2) is 5.46. The molecule has 4 nitrogen and oxygen atoms in total. The van der Waals surface area contributed by atoms with E-state index in [1.807, 2.05) is 18.2 Å². The van der Waals surface area contributed by atoms with Gasteiger partial charge in [0, 0.05) is 31.9 Å². The second-order valence-electron chi connectivity index (χ2n) is 3.51. The Morgan fingerprint density at radius 3 is 2.87 bits per heavy atom. The highest BCUT2D eigenvalue weighted by Gasteiger charge is 2.13. The number of rotatable bonds is 4. The fraction of sp³-hybridized carbons (Fsp3) is 0.455. The molecule has 0 radical (unpaired) electrons. The van der Waals surface area contributed by atoms with Crippen molar-refractivity contribution in [1.82, 2.24) is 9.88 Å². The molecular formula is C11H16N2O2. The molecule has 1 aromatic rings. The molecular weight excluding hydrogens is 192 g/mol. The van der Waals surface area contributed by atoms with E-state index >= 15 is 0 Å². The predicted octanol–water partition coefficient (Wildman–Crippen LogP) is 0.463. The van der Waals surface area contributed by atoms with Gasteiger partial charge in [-0.1, -0.05) is 6.07 Å². The van der Waals surface area contributed by atoms with Crippen molar-refractivity contribution in [2.45, 2.75) is 19.4 Å². The summed E-state index contributed by atoms with van der Waals surface area (Å²) in [5.41, 5.74) is 0.947. The van der Waals surface area contributed by atoms with E-state index < -0.39 is 6.10 Å². The first kappa shape index (κ1) is 11.7. The van der Waals surface area contributed by atoms with Gasteiger partial charge in [0.05, 0.1) is 0 Å². The quantitative estimate of drug-likeness (QED) is 0.782. The standard InChI is InChI=1S/C11H16N2O2/c1-9(14)11(15)13(2)8-6-10-5-3-4-7-12-10/h3-5,7,9,14H,6,8H2,1-2H3. The average molecular weight is 208 g/mol. The number of aromatic nitrogens is 1. The SMILES string of the molecule is CC(O)C(=O)N(C)CCc1ccccn1. The third kappa shape index (κ3) is 3.67. The zero-order valence-electron chi connectivity index (χ0n) is 9.05. The lowest BCUT2D eigenvalue weighted by Gasteiger charge is -2.18. The Morgan fingerprint density at radius 1 is 1.60 bits per heavy atom. The van der Waals surface area contributed by atoms with Crippen molar-refractivity contribution in [1.29, 1.82) is 0 Å². The van der Waals surface area contributed by atoms with Crippen molar-refractivity contribution in [3.05, 3.63) is 30.1 Å². The number of hydrogen-bond donors (Lipinski definition) is 1. The molecule has 0 saturated carbocycles. The van der Waals surface area contributed by atoms with E-state index in [1.54, 1.807) is 13.2 Å². The number of carbonyl (C=O) groups excluding carboxylic acids is 1. The van der Waals surface area contributed by atoms with Gasteiger partial charge in [0.15, 0.2) is 0 Å². The van der Waals surface area contributed by atoms with E-state index in [0.29, 0.717) is 13.0 Å². The summed E-state index contributed by atoms with van der Waals surface area (Å²) < 4.78 is 0. The minimum absolute atomic E-state index is 0.258. The highest BCUT2D eigenvalue weighted by Crippen LogP contribution is 1.98. The molecule has 4 heteroatoms. The summed E-state index contributed by atoms with van der Waals surface area (Å²) in [5, 5.41) is 9.08. The Bertz CT molecular complexity index is 312. The van der Waals surface area contributed by atoms with Crippen LogP contribution in [0.25, 0.3) is 0 Å². The zero-order valence-corrected chi connectivity index (χ0v) is 9.05. The molecule has 1 rings (SSSR count). The summed E-state index contributed by atoms with van der Waals surface area (Å²) >= 11 is 0. The van der Waals surface area contributed by atoms with Crippen LogP contribution in [0.1, 0.15) is 12.6 Å². The summed E-state index contributed by atoms with van der Waals surface area (Å²) in [6.07, 6.45) is 1.50. The molecule has 1 aromatic heterocycles. The topological polar surface area (TPSA) is 53.4 Å². The molecule has 15 heavy (non-hydrogen) atoms. The van der Waals surface area contributed by atoms with Crippen molar-refractivity contribution < 1.29 is 9.90 Å². The normalized spacial score (nSPS) is 12.2. The van der Waals surface area contributed by atoms with E-state index in [1.165, 1.54) is 11.8 Å². The molecule has 0 aliphatic carbocycles. The van der Waals surface area contributed by atoms with Crippen LogP contribution in [0.2, 0.25) is 0 Å². The zero-order chi connectivity index (χ0) is 11.3. The maximum Gasteiger partial charge on any atom is 0.250 e. The van der Waals surface area contributed by atoms with Crippen molar-refractivity contribution in [3.8, 4) is 0 Å². The number of aliphatic hydroxyl groups is 1. The predicted molar refractivity (Wildman–Crippen MR) is 57.3 cm³/mol. The van der Waals surface area contributed by atoms with Crippen molar-refractivity contribution >= 4 is 5.91 Å². The molecule has 1 unspecified atom stereocenters. The van der Waals surface area contributed by atoms with Crippen LogP contribution in [0.3, 0.4) is 0 Å². The van der Waals surface area contributed by atoms with E-state index in [2.05, 4.69) is 4.98 Å². The Labute approximate surface area is 89.6 Å². The van der Waals surface area contributed by atoms with Gasteiger partial charge >= 0.3 is 0 Å². The van der Waals surface area contributed by atoms with Crippen LogP contribution in [0.4, 0.5) is 0 Å². The van der Waals surface area contributed by atoms with E-state index in [-0.39, 0.29) is 5.91 Å². The van der Waals surface area contributed by atoms with Gasteiger partial charge in [-0.25, -0.2) is 0 Å². The van der Waals surface area contributed by atoms with Gasteiger partial charge in [0.25, 0.3) is 5.91 Å². The largest absolute Gasteiger partial charge is 0.384 e. The van der Waals surface area contributed by atoms with Gasteiger partial charge in [-0.2, -0.15) is 0 Å². The fourth-order valence-electron chi connectivity index (χ4n) is 1.26. The smallest absolute Gasteiger partial charge is 0.250 e. The van der Waals surface area contributed by atoms with Gasteiger partial charge < -0.3 is 10.0 Å². The molecule has 1 amide bonds. The van der Waals surface area contributed by atoms with Crippen LogP contribution in [-0.2, 0) is 11.2 Å². The minimum Gasteiger partial charge on any atom is -0.384 e. The molecule has 0 aromatic carbocycles. The molecule has 0 saturated heterocycles. The lowest BCUT2D eigenvalue weighted by atomic mass is 10.2. The number of amides is 1. The summed E-state index contributed by atoms with van der Waals surface area (Å²) in [4.78, 5) is 17.0. The number of aliphatic hydroxyl groups excluding tert-OH is 1. The average Bonchev–Trinajstić information content (AvgIpc) is 2.26. The maximum absolute atomic E-state index is 11.3. The van der Waals surface area contributed by atoms with Crippen LogP contribution in [0.5, 0.6) is 0 Å².